The number of hydrogen-bond acceptors (Lipinski definition) is 5. The molecule has 0 radical (unpaired) electrons. The standard InChI is InChI=1S/C20H17NO4/c1-23-17-7-5-16(6-8-17)13-25-20-14-24-18(11-19(20)22)9-4-15-3-2-10-21-12-15/h2-12,14H,13H2,1H3/b9-4+. The third kappa shape index (κ3) is 4.57. The molecule has 0 aliphatic carbocycles. The van der Waals surface area contributed by atoms with E-state index in [1.807, 2.05) is 42.5 Å². The van der Waals surface area contributed by atoms with Gasteiger partial charge in [0.05, 0.1) is 7.11 Å². The number of benzene rings is 1. The summed E-state index contributed by atoms with van der Waals surface area (Å²) in [5.74, 6) is 1.40. The molecule has 0 bridgehead atoms. The van der Waals surface area contributed by atoms with E-state index in [0.29, 0.717) is 5.76 Å². The van der Waals surface area contributed by atoms with Crippen LogP contribution in [0.5, 0.6) is 11.5 Å². The first kappa shape index (κ1) is 16.5. The van der Waals surface area contributed by atoms with Crippen molar-refractivity contribution in [2.75, 3.05) is 7.11 Å². The number of nitrogens with zero attached hydrogens (tertiary/aromatic N) is 1. The highest BCUT2D eigenvalue weighted by molar-refractivity contribution is 5.66. The largest absolute Gasteiger partial charge is 0.497 e. The van der Waals surface area contributed by atoms with Crippen LogP contribution in [0.3, 0.4) is 0 Å². The van der Waals surface area contributed by atoms with Crippen LogP contribution in [-0.4, -0.2) is 12.1 Å². The molecule has 0 aliphatic heterocycles. The zero-order valence-corrected chi connectivity index (χ0v) is 13.7. The van der Waals surface area contributed by atoms with Crippen molar-refractivity contribution in [3.63, 3.8) is 0 Å². The van der Waals surface area contributed by atoms with Crippen LogP contribution >= 0.6 is 0 Å². The molecule has 2 heterocycles. The lowest BCUT2D eigenvalue weighted by atomic mass is 10.2. The lowest BCUT2D eigenvalue weighted by Crippen LogP contribution is -2.07. The molecule has 0 N–H and O–H groups in total. The topological polar surface area (TPSA) is 61.6 Å². The molecule has 3 aromatic rings. The maximum absolute atomic E-state index is 12.1. The summed E-state index contributed by atoms with van der Waals surface area (Å²) in [4.78, 5) is 16.1. The van der Waals surface area contributed by atoms with E-state index < -0.39 is 0 Å². The zero-order chi connectivity index (χ0) is 17.5. The Morgan fingerprint density at radius 1 is 1.16 bits per heavy atom. The summed E-state index contributed by atoms with van der Waals surface area (Å²) in [6, 6.07) is 12.6. The van der Waals surface area contributed by atoms with Crippen molar-refractivity contribution in [2.45, 2.75) is 6.61 Å². The van der Waals surface area contributed by atoms with E-state index >= 15 is 0 Å². The molecule has 2 aromatic heterocycles. The van der Waals surface area contributed by atoms with E-state index in [1.165, 1.54) is 12.3 Å². The first-order chi connectivity index (χ1) is 12.2. The molecule has 126 valence electrons. The van der Waals surface area contributed by atoms with E-state index in [0.717, 1.165) is 16.9 Å². The average Bonchev–Trinajstić information content (AvgIpc) is 2.67. The maximum atomic E-state index is 12.1. The number of methoxy groups -OCH3 is 1. The van der Waals surface area contributed by atoms with Crippen molar-refractivity contribution >= 4 is 12.2 Å². The fourth-order valence-electron chi connectivity index (χ4n) is 2.14. The van der Waals surface area contributed by atoms with Gasteiger partial charge >= 0.3 is 0 Å². The molecule has 5 heteroatoms. The molecule has 5 nitrogen and oxygen atoms in total. The molecule has 0 unspecified atom stereocenters. The molecule has 0 saturated heterocycles. The first-order valence-corrected chi connectivity index (χ1v) is 7.71. The molecule has 0 amide bonds. The van der Waals surface area contributed by atoms with Crippen LogP contribution in [0.25, 0.3) is 12.2 Å². The van der Waals surface area contributed by atoms with Crippen LogP contribution in [0.15, 0.2) is 70.3 Å². The van der Waals surface area contributed by atoms with Crippen LogP contribution in [0, 0.1) is 0 Å². The lowest BCUT2D eigenvalue weighted by molar-refractivity contribution is 0.291. The van der Waals surface area contributed by atoms with Crippen LogP contribution < -0.4 is 14.9 Å². The zero-order valence-electron chi connectivity index (χ0n) is 13.7. The van der Waals surface area contributed by atoms with Gasteiger partial charge in [0, 0.05) is 18.5 Å². The molecular formula is C20H17NO4. The third-order valence-electron chi connectivity index (χ3n) is 3.50. The number of rotatable bonds is 6. The van der Waals surface area contributed by atoms with Crippen LogP contribution in [0.2, 0.25) is 0 Å². The van der Waals surface area contributed by atoms with Gasteiger partial charge in [0.1, 0.15) is 24.4 Å². The minimum Gasteiger partial charge on any atom is -0.497 e. The van der Waals surface area contributed by atoms with Gasteiger partial charge in [0.25, 0.3) is 0 Å². The molecule has 0 spiro atoms. The number of hydrogen-bond donors (Lipinski definition) is 0. The number of aromatic nitrogens is 1. The van der Waals surface area contributed by atoms with Gasteiger partial charge in [-0.2, -0.15) is 0 Å². The molecule has 0 atom stereocenters. The third-order valence-corrected chi connectivity index (χ3v) is 3.50. The Balaban J connectivity index is 1.65. The predicted octanol–water partition coefficient (Wildman–Crippen LogP) is 3.79. The van der Waals surface area contributed by atoms with Gasteiger partial charge < -0.3 is 13.9 Å². The summed E-state index contributed by atoms with van der Waals surface area (Å²) in [5, 5.41) is 0. The first-order valence-electron chi connectivity index (χ1n) is 7.71. The summed E-state index contributed by atoms with van der Waals surface area (Å²) in [6.07, 6.45) is 8.29. The lowest BCUT2D eigenvalue weighted by Gasteiger charge is -2.06. The predicted molar refractivity (Wildman–Crippen MR) is 95.5 cm³/mol. The monoisotopic (exact) mass is 335 g/mol. The minimum absolute atomic E-state index is 0.175. The Hall–Kier alpha value is -3.34. The second-order valence-electron chi connectivity index (χ2n) is 5.27. The van der Waals surface area contributed by atoms with Crippen molar-refractivity contribution < 1.29 is 13.9 Å². The van der Waals surface area contributed by atoms with E-state index in [2.05, 4.69) is 4.98 Å². The second kappa shape index (κ2) is 7.97. The molecule has 25 heavy (non-hydrogen) atoms. The van der Waals surface area contributed by atoms with Gasteiger partial charge in [-0.15, -0.1) is 0 Å². The fraction of sp³-hybridized carbons (Fsp3) is 0.100. The van der Waals surface area contributed by atoms with Gasteiger partial charge in [0.2, 0.25) is 11.2 Å². The van der Waals surface area contributed by atoms with Crippen molar-refractivity contribution in [3.05, 3.63) is 88.2 Å². The summed E-state index contributed by atoms with van der Waals surface area (Å²) < 4.78 is 16.1. The highest BCUT2D eigenvalue weighted by Crippen LogP contribution is 2.14. The highest BCUT2D eigenvalue weighted by atomic mass is 16.5. The van der Waals surface area contributed by atoms with Crippen molar-refractivity contribution in [1.82, 2.24) is 4.98 Å². The maximum Gasteiger partial charge on any atom is 0.227 e. The Morgan fingerprint density at radius 3 is 2.68 bits per heavy atom. The van der Waals surface area contributed by atoms with Crippen LogP contribution in [0.1, 0.15) is 16.9 Å². The van der Waals surface area contributed by atoms with Crippen LogP contribution in [0.4, 0.5) is 0 Å². The van der Waals surface area contributed by atoms with E-state index in [4.69, 9.17) is 13.9 Å². The average molecular weight is 335 g/mol. The molecule has 0 aliphatic rings. The summed E-state index contributed by atoms with van der Waals surface area (Å²) >= 11 is 0. The summed E-state index contributed by atoms with van der Waals surface area (Å²) in [5.41, 5.74) is 1.62. The normalized spacial score (nSPS) is 10.8. The highest BCUT2D eigenvalue weighted by Gasteiger charge is 2.04. The van der Waals surface area contributed by atoms with Gasteiger partial charge in [-0.1, -0.05) is 18.2 Å². The Labute approximate surface area is 145 Å². The molecule has 0 saturated carbocycles. The number of ether oxygens (including phenoxy) is 2. The Bertz CT molecular complexity index is 899. The Kier molecular flexibility index (Phi) is 5.26. The van der Waals surface area contributed by atoms with Gasteiger partial charge in [-0.3, -0.25) is 9.78 Å². The molecule has 1 aromatic carbocycles. The SMILES string of the molecule is COc1ccc(COc2coc(/C=C/c3cccnc3)cc2=O)cc1. The molecule has 0 fully saturated rings. The number of pyridine rings is 1. The van der Waals surface area contributed by atoms with Gasteiger partial charge in [-0.25, -0.2) is 0 Å². The van der Waals surface area contributed by atoms with E-state index in [1.54, 1.807) is 25.6 Å². The van der Waals surface area contributed by atoms with Gasteiger partial charge in [0.15, 0.2) is 0 Å². The van der Waals surface area contributed by atoms with Gasteiger partial charge in [-0.05, 0) is 41.5 Å². The summed E-state index contributed by atoms with van der Waals surface area (Å²) in [7, 11) is 1.61. The van der Waals surface area contributed by atoms with Crippen LogP contribution in [-0.2, 0) is 6.61 Å². The summed E-state index contributed by atoms with van der Waals surface area (Å²) in [6.45, 7) is 0.277. The quantitative estimate of drug-likeness (QED) is 0.686. The smallest absolute Gasteiger partial charge is 0.227 e. The minimum atomic E-state index is -0.231. The van der Waals surface area contributed by atoms with Crippen molar-refractivity contribution in [2.24, 2.45) is 0 Å². The Morgan fingerprint density at radius 2 is 2.00 bits per heavy atom. The molecular weight excluding hydrogens is 318 g/mol. The van der Waals surface area contributed by atoms with Crippen molar-refractivity contribution in [1.29, 1.82) is 0 Å². The van der Waals surface area contributed by atoms with Crippen molar-refractivity contribution in [3.8, 4) is 11.5 Å². The van der Waals surface area contributed by atoms with E-state index in [-0.39, 0.29) is 17.8 Å². The molecule has 3 rings (SSSR count). The fourth-order valence-corrected chi connectivity index (χ4v) is 2.14. The van der Waals surface area contributed by atoms with E-state index in [9.17, 15) is 4.79 Å². The second-order valence-corrected chi connectivity index (χ2v) is 5.27.